The van der Waals surface area contributed by atoms with Crippen molar-refractivity contribution in [3.8, 4) is 0 Å². The molecule has 0 amide bonds. The van der Waals surface area contributed by atoms with Gasteiger partial charge in [-0.1, -0.05) is 51.1 Å². The second-order valence-corrected chi connectivity index (χ2v) is 7.55. The summed E-state index contributed by atoms with van der Waals surface area (Å²) in [5.74, 6) is 0. The number of hydrogen-bond donors (Lipinski definition) is 1. The molecule has 21 heavy (non-hydrogen) atoms. The van der Waals surface area contributed by atoms with Crippen molar-refractivity contribution in [2.24, 2.45) is 5.41 Å². The van der Waals surface area contributed by atoms with Crippen molar-refractivity contribution in [1.82, 2.24) is 5.32 Å². The minimum Gasteiger partial charge on any atom is -0.305 e. The molecule has 1 aromatic carbocycles. The van der Waals surface area contributed by atoms with Gasteiger partial charge >= 0.3 is 6.18 Å². The third-order valence-electron chi connectivity index (χ3n) is 3.17. The quantitative estimate of drug-likeness (QED) is 0.759. The molecule has 0 aliphatic carbocycles. The van der Waals surface area contributed by atoms with E-state index in [2.05, 4.69) is 26.1 Å². The van der Waals surface area contributed by atoms with E-state index in [-0.39, 0.29) is 11.0 Å². The molecule has 0 aromatic heterocycles. The summed E-state index contributed by atoms with van der Waals surface area (Å²) in [4.78, 5) is 0. The molecule has 0 spiro atoms. The van der Waals surface area contributed by atoms with Crippen LogP contribution in [0.15, 0.2) is 30.3 Å². The predicted molar refractivity (Wildman–Crippen MR) is 81.1 cm³/mol. The minimum absolute atomic E-state index is 0.0516. The number of halogens is 3. The lowest BCUT2D eigenvalue weighted by atomic mass is 9.81. The lowest BCUT2D eigenvalue weighted by Crippen LogP contribution is -2.45. The molecule has 0 fully saturated rings. The Kier molecular flexibility index (Phi) is 5.48. The molecular weight excluding hydrogens is 275 g/mol. The van der Waals surface area contributed by atoms with E-state index < -0.39 is 18.6 Å². The maximum absolute atomic E-state index is 12.9. The summed E-state index contributed by atoms with van der Waals surface area (Å²) >= 11 is 0. The lowest BCUT2D eigenvalue weighted by molar-refractivity contribution is -0.141. The standard InChI is InChI=1S/C17H26F3N/c1-15(2,3)12-16(4,5)21-14(11-17(18,19)20)13-9-7-6-8-10-13/h6-10,14,21H,11-12H2,1-5H3. The number of alkyl halides is 3. The molecule has 1 atom stereocenters. The Morgan fingerprint density at radius 2 is 1.48 bits per heavy atom. The fourth-order valence-electron chi connectivity index (χ4n) is 3.02. The van der Waals surface area contributed by atoms with E-state index in [4.69, 9.17) is 0 Å². The second-order valence-electron chi connectivity index (χ2n) is 7.55. The van der Waals surface area contributed by atoms with Crippen molar-refractivity contribution in [2.45, 2.75) is 65.2 Å². The van der Waals surface area contributed by atoms with E-state index >= 15 is 0 Å². The smallest absolute Gasteiger partial charge is 0.305 e. The molecule has 1 nitrogen and oxygen atoms in total. The zero-order valence-corrected chi connectivity index (χ0v) is 13.5. The number of nitrogens with one attached hydrogen (secondary N) is 1. The number of hydrogen-bond acceptors (Lipinski definition) is 1. The molecule has 0 saturated heterocycles. The summed E-state index contributed by atoms with van der Waals surface area (Å²) in [6.45, 7) is 10.2. The predicted octanol–water partition coefficient (Wildman–Crippen LogP) is 5.48. The SMILES string of the molecule is CC(C)(C)CC(C)(C)NC(CC(F)(F)F)c1ccccc1. The summed E-state index contributed by atoms with van der Waals surface area (Å²) in [5.41, 5.74) is 0.358. The second kappa shape index (κ2) is 6.39. The Morgan fingerprint density at radius 3 is 1.90 bits per heavy atom. The van der Waals surface area contributed by atoms with Crippen LogP contribution < -0.4 is 5.32 Å². The molecule has 1 N–H and O–H groups in total. The highest BCUT2D eigenvalue weighted by Crippen LogP contribution is 2.34. The van der Waals surface area contributed by atoms with Crippen molar-refractivity contribution < 1.29 is 13.2 Å². The Hall–Kier alpha value is -1.03. The van der Waals surface area contributed by atoms with Crippen LogP contribution in [0.2, 0.25) is 0 Å². The topological polar surface area (TPSA) is 12.0 Å². The molecule has 0 aliphatic heterocycles. The van der Waals surface area contributed by atoms with Crippen LogP contribution >= 0.6 is 0 Å². The maximum Gasteiger partial charge on any atom is 0.390 e. The summed E-state index contributed by atoms with van der Waals surface area (Å²) in [7, 11) is 0. The van der Waals surface area contributed by atoms with E-state index in [9.17, 15) is 13.2 Å². The van der Waals surface area contributed by atoms with Gasteiger partial charge in [-0.3, -0.25) is 0 Å². The van der Waals surface area contributed by atoms with E-state index in [1.807, 2.05) is 19.9 Å². The monoisotopic (exact) mass is 301 g/mol. The summed E-state index contributed by atoms with van der Waals surface area (Å²) in [6.07, 6.45) is -4.25. The van der Waals surface area contributed by atoms with Gasteiger partial charge in [0.1, 0.15) is 0 Å². The van der Waals surface area contributed by atoms with Gasteiger partial charge in [0.25, 0.3) is 0 Å². The van der Waals surface area contributed by atoms with E-state index in [1.54, 1.807) is 24.3 Å². The van der Waals surface area contributed by atoms with Crippen LogP contribution in [-0.4, -0.2) is 11.7 Å². The summed E-state index contributed by atoms with van der Waals surface area (Å²) in [5, 5.41) is 3.20. The molecule has 0 heterocycles. The van der Waals surface area contributed by atoms with Crippen LogP contribution in [0.4, 0.5) is 13.2 Å². The Morgan fingerprint density at radius 1 is 0.952 bits per heavy atom. The van der Waals surface area contributed by atoms with Crippen LogP contribution in [0.1, 0.15) is 59.1 Å². The van der Waals surface area contributed by atoms with Gasteiger partial charge in [0.2, 0.25) is 0 Å². The first-order valence-corrected chi connectivity index (χ1v) is 7.27. The van der Waals surface area contributed by atoms with Crippen LogP contribution in [0, 0.1) is 5.41 Å². The first-order valence-electron chi connectivity index (χ1n) is 7.27. The van der Waals surface area contributed by atoms with Crippen molar-refractivity contribution in [3.05, 3.63) is 35.9 Å². The lowest BCUT2D eigenvalue weighted by Gasteiger charge is -2.37. The highest BCUT2D eigenvalue weighted by atomic mass is 19.4. The van der Waals surface area contributed by atoms with Crippen molar-refractivity contribution in [1.29, 1.82) is 0 Å². The van der Waals surface area contributed by atoms with E-state index in [0.717, 1.165) is 6.42 Å². The third kappa shape index (κ3) is 7.51. The fourth-order valence-corrected chi connectivity index (χ4v) is 3.02. The molecule has 0 radical (unpaired) electrons. The fraction of sp³-hybridized carbons (Fsp3) is 0.647. The van der Waals surface area contributed by atoms with Gasteiger partial charge in [-0.05, 0) is 31.2 Å². The number of rotatable bonds is 5. The molecule has 1 rings (SSSR count). The molecule has 0 aliphatic rings. The molecule has 0 bridgehead atoms. The van der Waals surface area contributed by atoms with Crippen LogP contribution in [0.25, 0.3) is 0 Å². The van der Waals surface area contributed by atoms with Crippen LogP contribution in [0.3, 0.4) is 0 Å². The Balaban J connectivity index is 2.93. The van der Waals surface area contributed by atoms with Gasteiger partial charge in [0, 0.05) is 11.6 Å². The Labute approximate surface area is 125 Å². The molecule has 4 heteroatoms. The Bertz CT molecular complexity index is 430. The van der Waals surface area contributed by atoms with Crippen molar-refractivity contribution in [2.75, 3.05) is 0 Å². The first kappa shape index (κ1) is 18.0. The zero-order valence-electron chi connectivity index (χ0n) is 13.5. The van der Waals surface area contributed by atoms with E-state index in [0.29, 0.717) is 5.56 Å². The third-order valence-corrected chi connectivity index (χ3v) is 3.17. The van der Waals surface area contributed by atoms with Gasteiger partial charge < -0.3 is 5.32 Å². The molecule has 1 unspecified atom stereocenters. The summed E-state index contributed by atoms with van der Waals surface area (Å²) in [6, 6.07) is 8.14. The molecule has 120 valence electrons. The molecule has 0 saturated carbocycles. The molecule has 1 aromatic rings. The average Bonchev–Trinajstić information content (AvgIpc) is 2.23. The molecular formula is C17H26F3N. The normalized spacial score (nSPS) is 15.0. The van der Waals surface area contributed by atoms with Gasteiger partial charge in [0.05, 0.1) is 6.42 Å². The van der Waals surface area contributed by atoms with Crippen molar-refractivity contribution in [3.63, 3.8) is 0 Å². The van der Waals surface area contributed by atoms with Crippen molar-refractivity contribution >= 4 is 0 Å². The maximum atomic E-state index is 12.9. The highest BCUT2D eigenvalue weighted by molar-refractivity contribution is 5.19. The van der Waals surface area contributed by atoms with Gasteiger partial charge in [-0.25, -0.2) is 0 Å². The zero-order chi connectivity index (χ0) is 16.3. The van der Waals surface area contributed by atoms with Crippen LogP contribution in [0.5, 0.6) is 0 Å². The van der Waals surface area contributed by atoms with Gasteiger partial charge in [-0.15, -0.1) is 0 Å². The van der Waals surface area contributed by atoms with Gasteiger partial charge in [0.15, 0.2) is 0 Å². The summed E-state index contributed by atoms with van der Waals surface area (Å²) < 4.78 is 38.6. The number of benzene rings is 1. The first-order chi connectivity index (χ1) is 9.38. The van der Waals surface area contributed by atoms with Gasteiger partial charge in [-0.2, -0.15) is 13.2 Å². The minimum atomic E-state index is -4.19. The van der Waals surface area contributed by atoms with E-state index in [1.165, 1.54) is 0 Å². The van der Waals surface area contributed by atoms with Crippen LogP contribution in [-0.2, 0) is 0 Å². The highest BCUT2D eigenvalue weighted by Gasteiger charge is 2.36. The average molecular weight is 301 g/mol. The largest absolute Gasteiger partial charge is 0.390 e.